The minimum atomic E-state index is 0.292. The molecule has 0 atom stereocenters. The molecule has 1 aliphatic carbocycles. The Hall–Kier alpha value is -2.68. The normalized spacial score (nSPS) is 10.2. The zero-order valence-electron chi connectivity index (χ0n) is 18.8. The highest BCUT2D eigenvalue weighted by atomic mass is 35.5. The van der Waals surface area contributed by atoms with Crippen molar-refractivity contribution in [2.24, 2.45) is 0 Å². The van der Waals surface area contributed by atoms with Gasteiger partial charge in [0.05, 0.1) is 0 Å². The zero-order valence-corrected chi connectivity index (χ0v) is 20.4. The monoisotopic (exact) mass is 464 g/mol. The molecular weight excluding hydrogens is 432 g/mol. The van der Waals surface area contributed by atoms with Gasteiger partial charge in [0, 0.05) is 5.02 Å². The molecule has 0 saturated carbocycles. The van der Waals surface area contributed by atoms with Crippen LogP contribution in [0.25, 0.3) is 18.2 Å². The average Bonchev–Trinajstić information content (AvgIpc) is 3.31. The summed E-state index contributed by atoms with van der Waals surface area (Å²) in [4.78, 5) is 0. The highest BCUT2D eigenvalue weighted by Gasteiger charge is 2.00. The van der Waals surface area contributed by atoms with Crippen molar-refractivity contribution in [2.45, 2.75) is 26.2 Å². The van der Waals surface area contributed by atoms with Crippen LogP contribution in [0.5, 0.6) is 5.75 Å². The van der Waals surface area contributed by atoms with E-state index >= 15 is 0 Å². The van der Waals surface area contributed by atoms with Crippen molar-refractivity contribution in [2.75, 3.05) is 5.75 Å². The molecule has 32 heavy (non-hydrogen) atoms. The van der Waals surface area contributed by atoms with Gasteiger partial charge in [-0.3, -0.25) is 0 Å². The van der Waals surface area contributed by atoms with E-state index in [9.17, 15) is 0 Å². The number of halogens is 1. The fourth-order valence-corrected chi connectivity index (χ4v) is 3.01. The molecule has 1 nitrogen and oxygen atoms in total. The Labute approximate surface area is 204 Å². The summed E-state index contributed by atoms with van der Waals surface area (Å²) in [6, 6.07) is 22.9. The smallest absolute Gasteiger partial charge is 0.115 e. The molecule has 0 spiro atoms. The summed E-state index contributed by atoms with van der Waals surface area (Å²) in [5, 5.41) is 9.58. The Morgan fingerprint density at radius 1 is 0.906 bits per heavy atom. The molecule has 0 aliphatic heterocycles. The molecule has 1 N–H and O–H groups in total. The molecule has 3 aromatic carbocycles. The van der Waals surface area contributed by atoms with E-state index in [4.69, 9.17) is 16.7 Å². The van der Waals surface area contributed by atoms with Gasteiger partial charge < -0.3 is 5.11 Å². The van der Waals surface area contributed by atoms with E-state index in [2.05, 4.69) is 69.1 Å². The second-order valence-electron chi connectivity index (χ2n) is 6.93. The number of phenols is 1. The van der Waals surface area contributed by atoms with Crippen LogP contribution in [0.3, 0.4) is 0 Å². The topological polar surface area (TPSA) is 20.2 Å². The summed E-state index contributed by atoms with van der Waals surface area (Å²) >= 11 is 9.64. The van der Waals surface area contributed by atoms with Crippen LogP contribution < -0.4 is 0 Å². The average molecular weight is 465 g/mol. The number of hydrogen-bond acceptors (Lipinski definition) is 2. The number of aromatic hydroxyl groups is 1. The predicted molar refractivity (Wildman–Crippen MR) is 148 cm³/mol. The number of unbranched alkanes of at least 4 members (excludes halogenated alkanes) is 1. The maximum Gasteiger partial charge on any atom is 0.115 e. The number of hydrogen-bond donors (Lipinski definition) is 2. The van der Waals surface area contributed by atoms with Crippen LogP contribution in [-0.4, -0.2) is 10.9 Å². The first-order valence-corrected chi connectivity index (χ1v) is 11.7. The van der Waals surface area contributed by atoms with Crippen LogP contribution in [0.15, 0.2) is 92.0 Å². The lowest BCUT2D eigenvalue weighted by Gasteiger charge is -1.93. The Morgan fingerprint density at radius 2 is 1.47 bits per heavy atom. The van der Waals surface area contributed by atoms with Gasteiger partial charge in [-0.25, -0.2) is 0 Å². The van der Waals surface area contributed by atoms with Crippen LogP contribution in [0.2, 0.25) is 5.02 Å². The zero-order chi connectivity index (χ0) is 23.6. The molecule has 0 aromatic heterocycles. The summed E-state index contributed by atoms with van der Waals surface area (Å²) in [7, 11) is 0. The molecule has 4 rings (SSSR count). The van der Waals surface area contributed by atoms with E-state index in [0.717, 1.165) is 28.3 Å². The van der Waals surface area contributed by atoms with E-state index in [1.165, 1.54) is 24.0 Å². The van der Waals surface area contributed by atoms with Crippen LogP contribution in [0.1, 0.15) is 42.0 Å². The van der Waals surface area contributed by atoms with Gasteiger partial charge in [0.2, 0.25) is 0 Å². The third-order valence-electron chi connectivity index (χ3n) is 4.44. The molecule has 0 radical (unpaired) electrons. The van der Waals surface area contributed by atoms with E-state index in [1.54, 1.807) is 24.3 Å². The number of benzene rings is 3. The molecule has 3 aromatic rings. The molecule has 3 heteroatoms. The van der Waals surface area contributed by atoms with Crippen molar-refractivity contribution in [3.05, 3.63) is 119 Å². The van der Waals surface area contributed by atoms with E-state index in [0.29, 0.717) is 5.75 Å². The molecule has 0 bridgehead atoms. The molecule has 168 valence electrons. The highest BCUT2D eigenvalue weighted by molar-refractivity contribution is 7.80. The van der Waals surface area contributed by atoms with E-state index in [1.807, 2.05) is 36.4 Å². The fourth-order valence-electron chi connectivity index (χ4n) is 2.56. The van der Waals surface area contributed by atoms with Gasteiger partial charge in [0.25, 0.3) is 0 Å². The summed E-state index contributed by atoms with van der Waals surface area (Å²) in [5.41, 5.74) is 4.96. The minimum Gasteiger partial charge on any atom is -0.508 e. The molecule has 0 saturated heterocycles. The first-order valence-electron chi connectivity index (χ1n) is 10.7. The lowest BCUT2D eigenvalue weighted by atomic mass is 10.1. The number of thiol groups is 1. The second kappa shape index (κ2) is 16.9. The summed E-state index contributed by atoms with van der Waals surface area (Å²) < 4.78 is 0. The molecule has 0 amide bonds. The Bertz CT molecular complexity index is 892. The van der Waals surface area contributed by atoms with E-state index in [-0.39, 0.29) is 0 Å². The number of allylic oxidation sites excluding steroid dienone is 1. The molecular formula is C29H33ClOS. The highest BCUT2D eigenvalue weighted by Crippen LogP contribution is 2.17. The third kappa shape index (κ3) is 11.6. The lowest BCUT2D eigenvalue weighted by Crippen LogP contribution is -1.76. The molecule has 0 fully saturated rings. The Morgan fingerprint density at radius 3 is 1.94 bits per heavy atom. The largest absolute Gasteiger partial charge is 0.508 e. The number of fused-ring (bicyclic) bond motifs is 1. The maximum absolute atomic E-state index is 8.82. The lowest BCUT2D eigenvalue weighted by molar-refractivity contribution is 0.475. The van der Waals surface area contributed by atoms with E-state index < -0.39 is 0 Å². The number of rotatable bonds is 4. The minimum absolute atomic E-state index is 0.292. The van der Waals surface area contributed by atoms with Crippen LogP contribution in [0, 0.1) is 0 Å². The molecule has 0 unspecified atom stereocenters. The van der Waals surface area contributed by atoms with Crippen LogP contribution in [0.4, 0.5) is 0 Å². The SMILES string of the molecule is C1=Cc2ccccc2C1.C=Cc1ccc(Cl)cc1.C=Cc1ccc(O)cc1.CCCCS. The number of phenolic OH excluding ortho intramolecular Hbond substituents is 1. The molecule has 1 aliphatic rings. The van der Waals surface area contributed by atoms with Gasteiger partial charge in [-0.05, 0) is 65.1 Å². The first-order chi connectivity index (χ1) is 15.5. The van der Waals surface area contributed by atoms with Crippen molar-refractivity contribution in [3.63, 3.8) is 0 Å². The standard InChI is InChI=1S/C9H8.C8H7Cl.C8H8O.C4H10S/c1-2-5-9-7-3-6-8(9)4-1;2*1-2-7-3-5-8(9)6-4-7;1-2-3-4-5/h1-6H,7H2;2-6H,1H2;2-6,9H,1H2;5H,2-4H2,1H3. The van der Waals surface area contributed by atoms with Gasteiger partial charge in [-0.2, -0.15) is 12.6 Å². The van der Waals surface area contributed by atoms with Gasteiger partial charge in [-0.15, -0.1) is 0 Å². The summed E-state index contributed by atoms with van der Waals surface area (Å²) in [6.07, 6.45) is 11.5. The van der Waals surface area contributed by atoms with Gasteiger partial charge >= 0.3 is 0 Å². The van der Waals surface area contributed by atoms with Crippen molar-refractivity contribution < 1.29 is 5.11 Å². The van der Waals surface area contributed by atoms with Gasteiger partial charge in [0.15, 0.2) is 0 Å². The van der Waals surface area contributed by atoms with Gasteiger partial charge in [-0.1, -0.05) is 111 Å². The summed E-state index contributed by atoms with van der Waals surface area (Å²) in [6.45, 7) is 9.36. The Balaban J connectivity index is 0.000000218. The maximum atomic E-state index is 8.82. The second-order valence-corrected chi connectivity index (χ2v) is 7.82. The third-order valence-corrected chi connectivity index (χ3v) is 5.00. The van der Waals surface area contributed by atoms with Crippen molar-refractivity contribution in [3.8, 4) is 5.75 Å². The van der Waals surface area contributed by atoms with Crippen molar-refractivity contribution in [1.82, 2.24) is 0 Å². The Kier molecular flexibility index (Phi) is 14.5. The molecule has 0 heterocycles. The van der Waals surface area contributed by atoms with Gasteiger partial charge in [0.1, 0.15) is 5.75 Å². The fraction of sp³-hybridized carbons (Fsp3) is 0.172. The first kappa shape index (κ1) is 27.4. The van der Waals surface area contributed by atoms with Crippen LogP contribution in [-0.2, 0) is 6.42 Å². The van der Waals surface area contributed by atoms with Crippen molar-refractivity contribution >= 4 is 42.5 Å². The summed E-state index contributed by atoms with van der Waals surface area (Å²) in [5.74, 6) is 1.33. The quantitative estimate of drug-likeness (QED) is 0.369. The van der Waals surface area contributed by atoms with Crippen molar-refractivity contribution in [1.29, 1.82) is 0 Å². The predicted octanol–water partition coefficient (Wildman–Crippen LogP) is 8.99. The van der Waals surface area contributed by atoms with Crippen LogP contribution >= 0.6 is 24.2 Å².